The van der Waals surface area contributed by atoms with Crippen molar-refractivity contribution in [1.29, 1.82) is 0 Å². The molecule has 1 aromatic heterocycles. The van der Waals surface area contributed by atoms with Gasteiger partial charge in [0, 0.05) is 19.2 Å². The number of rotatable bonds is 11. The van der Waals surface area contributed by atoms with Crippen molar-refractivity contribution in [2.24, 2.45) is 0 Å². The maximum Gasteiger partial charge on any atom is 0.361 e. The molecule has 4 aromatic carbocycles. The van der Waals surface area contributed by atoms with Crippen LogP contribution < -0.4 is 9.47 Å². The van der Waals surface area contributed by atoms with Gasteiger partial charge in [0.1, 0.15) is 24.7 Å². The fourth-order valence-electron chi connectivity index (χ4n) is 5.85. The predicted molar refractivity (Wildman–Crippen MR) is 179 cm³/mol. The van der Waals surface area contributed by atoms with Gasteiger partial charge in [0.2, 0.25) is 0 Å². The summed E-state index contributed by atoms with van der Waals surface area (Å²) >= 11 is 0. The lowest BCUT2D eigenvalue weighted by atomic mass is 9.91. The molecular formula is C39H40N2O5. The van der Waals surface area contributed by atoms with Crippen molar-refractivity contribution < 1.29 is 23.5 Å². The zero-order chi connectivity index (χ0) is 32.0. The summed E-state index contributed by atoms with van der Waals surface area (Å²) in [7, 11) is 2.13. The summed E-state index contributed by atoms with van der Waals surface area (Å²) in [6, 6.07) is 30.4. The maximum atomic E-state index is 13.3. The summed E-state index contributed by atoms with van der Waals surface area (Å²) in [6.45, 7) is 8.89. The van der Waals surface area contributed by atoms with Gasteiger partial charge in [-0.15, -0.1) is 0 Å². The molecule has 0 bridgehead atoms. The molecule has 5 aromatic rings. The zero-order valence-electron chi connectivity index (χ0n) is 26.9. The fourth-order valence-corrected chi connectivity index (χ4v) is 5.85. The monoisotopic (exact) mass is 616 g/mol. The molecule has 0 aliphatic carbocycles. The maximum absolute atomic E-state index is 13.3. The second-order valence-corrected chi connectivity index (χ2v) is 12.0. The number of hydrogen-bond acceptors (Lipinski definition) is 7. The molecule has 0 saturated carbocycles. The van der Waals surface area contributed by atoms with Crippen LogP contribution in [0, 0.1) is 0 Å². The molecule has 236 valence electrons. The fraction of sp³-hybridized carbons (Fsp3) is 0.282. The minimum atomic E-state index is -0.524. The molecule has 0 fully saturated rings. The summed E-state index contributed by atoms with van der Waals surface area (Å²) in [5.74, 6) is 1.36. The smallest absolute Gasteiger partial charge is 0.361 e. The van der Waals surface area contributed by atoms with Crippen molar-refractivity contribution >= 4 is 5.97 Å². The molecule has 0 atom stereocenters. The summed E-state index contributed by atoms with van der Waals surface area (Å²) in [4.78, 5) is 15.6. The molecule has 0 spiro atoms. The van der Waals surface area contributed by atoms with Crippen LogP contribution >= 0.6 is 0 Å². The van der Waals surface area contributed by atoms with E-state index in [2.05, 4.69) is 49.2 Å². The molecule has 0 amide bonds. The van der Waals surface area contributed by atoms with Crippen molar-refractivity contribution in [1.82, 2.24) is 10.1 Å². The molecule has 0 N–H and O–H groups in total. The van der Waals surface area contributed by atoms with Crippen molar-refractivity contribution in [3.05, 3.63) is 125 Å². The number of ether oxygens (including phenoxy) is 3. The average molecular weight is 617 g/mol. The highest BCUT2D eigenvalue weighted by Crippen LogP contribution is 2.45. The molecule has 6 rings (SSSR count). The van der Waals surface area contributed by atoms with Gasteiger partial charge in [-0.3, -0.25) is 0 Å². The average Bonchev–Trinajstić information content (AvgIpc) is 3.52. The first-order valence-corrected chi connectivity index (χ1v) is 15.9. The van der Waals surface area contributed by atoms with Crippen LogP contribution in [0.25, 0.3) is 22.5 Å². The van der Waals surface area contributed by atoms with E-state index in [4.69, 9.17) is 18.7 Å². The van der Waals surface area contributed by atoms with Gasteiger partial charge >= 0.3 is 5.97 Å². The Balaban J connectivity index is 1.49. The Morgan fingerprint density at radius 3 is 2.20 bits per heavy atom. The summed E-state index contributed by atoms with van der Waals surface area (Å²) in [6.07, 6.45) is 0.922. The zero-order valence-corrected chi connectivity index (χ0v) is 26.9. The Hall–Kier alpha value is -4.88. The van der Waals surface area contributed by atoms with Crippen LogP contribution in [-0.2, 0) is 30.9 Å². The summed E-state index contributed by atoms with van der Waals surface area (Å²) < 4.78 is 24.5. The Labute approximate surface area is 270 Å². The van der Waals surface area contributed by atoms with Crippen LogP contribution in [0.4, 0.5) is 0 Å². The van der Waals surface area contributed by atoms with Crippen LogP contribution in [-0.4, -0.2) is 36.2 Å². The lowest BCUT2D eigenvalue weighted by molar-refractivity contribution is 0.0515. The molecular weight excluding hydrogens is 576 g/mol. The van der Waals surface area contributed by atoms with Crippen molar-refractivity contribution in [3.63, 3.8) is 0 Å². The molecule has 0 unspecified atom stereocenters. The largest absolute Gasteiger partial charge is 0.488 e. The van der Waals surface area contributed by atoms with E-state index in [0.29, 0.717) is 35.9 Å². The third-order valence-electron chi connectivity index (χ3n) is 8.31. The third-order valence-corrected chi connectivity index (χ3v) is 8.31. The number of fused-ring (bicyclic) bond motifs is 1. The van der Waals surface area contributed by atoms with E-state index in [-0.39, 0.29) is 18.2 Å². The van der Waals surface area contributed by atoms with Gasteiger partial charge in [0.25, 0.3) is 0 Å². The van der Waals surface area contributed by atoms with E-state index in [1.54, 1.807) is 6.92 Å². The first-order valence-electron chi connectivity index (χ1n) is 15.9. The van der Waals surface area contributed by atoms with Crippen LogP contribution in [0.5, 0.6) is 11.5 Å². The van der Waals surface area contributed by atoms with Gasteiger partial charge in [-0.25, -0.2) is 4.79 Å². The number of benzene rings is 4. The second-order valence-electron chi connectivity index (χ2n) is 12.0. The highest BCUT2D eigenvalue weighted by Gasteiger charge is 2.29. The number of esters is 1. The first-order chi connectivity index (χ1) is 22.4. The van der Waals surface area contributed by atoms with Crippen LogP contribution in [0.15, 0.2) is 95.5 Å². The molecule has 0 radical (unpaired) electrons. The van der Waals surface area contributed by atoms with Gasteiger partial charge in [-0.05, 0) is 65.8 Å². The molecule has 7 nitrogen and oxygen atoms in total. The van der Waals surface area contributed by atoms with E-state index in [0.717, 1.165) is 47.5 Å². The minimum absolute atomic E-state index is 0.129. The molecule has 2 heterocycles. The highest BCUT2D eigenvalue weighted by molar-refractivity contribution is 6.00. The van der Waals surface area contributed by atoms with E-state index in [1.807, 2.05) is 72.8 Å². The Morgan fingerprint density at radius 2 is 1.54 bits per heavy atom. The van der Waals surface area contributed by atoms with Crippen LogP contribution in [0.2, 0.25) is 0 Å². The quantitative estimate of drug-likeness (QED) is 0.138. The molecule has 46 heavy (non-hydrogen) atoms. The number of nitrogens with zero attached hydrogens (tertiary/aromatic N) is 2. The summed E-state index contributed by atoms with van der Waals surface area (Å²) in [5.41, 5.74) is 7.92. The normalized spacial score (nSPS) is 13.0. The van der Waals surface area contributed by atoms with Crippen LogP contribution in [0.3, 0.4) is 0 Å². The lowest BCUT2D eigenvalue weighted by Crippen LogP contribution is -2.26. The summed E-state index contributed by atoms with van der Waals surface area (Å²) in [5, 5.41) is 4.30. The molecule has 1 aliphatic heterocycles. The van der Waals surface area contributed by atoms with E-state index in [1.165, 1.54) is 11.1 Å². The first kappa shape index (κ1) is 31.1. The minimum Gasteiger partial charge on any atom is -0.488 e. The number of aromatic nitrogens is 1. The second kappa shape index (κ2) is 14.0. The Morgan fingerprint density at radius 1 is 0.870 bits per heavy atom. The van der Waals surface area contributed by atoms with E-state index in [9.17, 15) is 4.79 Å². The third kappa shape index (κ3) is 6.85. The van der Waals surface area contributed by atoms with Gasteiger partial charge in [-0.2, -0.15) is 0 Å². The highest BCUT2D eigenvalue weighted by atomic mass is 16.5. The van der Waals surface area contributed by atoms with Crippen molar-refractivity contribution in [2.45, 2.75) is 52.9 Å². The van der Waals surface area contributed by atoms with Gasteiger partial charge in [0.05, 0.1) is 17.7 Å². The Kier molecular flexibility index (Phi) is 9.50. The SMILES string of the molecule is CCOC(=O)c1noc(-c2cc(C(C)C)c(OCc3ccccc3)cc2OCc2ccccc2)c1-c1ccc2c(c1)CCN(C)C2. The molecule has 7 heteroatoms. The number of carbonyl (C=O) groups is 1. The van der Waals surface area contributed by atoms with E-state index < -0.39 is 5.97 Å². The Bertz CT molecular complexity index is 1800. The number of hydrogen-bond donors (Lipinski definition) is 0. The molecule has 1 aliphatic rings. The number of carbonyl (C=O) groups excluding carboxylic acids is 1. The standard InChI is InChI=1S/C39H40N2O5/c1-5-43-39(42)37-36(30-16-17-31-23-41(4)19-18-29(31)20-30)38(46-40-37)33-21-32(26(2)3)34(44-24-27-12-8-6-9-13-27)22-35(33)45-25-28-14-10-7-11-15-28/h6-17,20-22,26H,5,18-19,23-25H2,1-4H3. The van der Waals surface area contributed by atoms with Crippen molar-refractivity contribution in [3.8, 4) is 33.9 Å². The number of likely N-dealkylation sites (N-methyl/N-ethyl adjacent to an activating group) is 1. The van der Waals surface area contributed by atoms with E-state index >= 15 is 0 Å². The topological polar surface area (TPSA) is 74.0 Å². The molecule has 0 saturated heterocycles. The van der Waals surface area contributed by atoms with Crippen molar-refractivity contribution in [2.75, 3.05) is 20.2 Å². The lowest BCUT2D eigenvalue weighted by Gasteiger charge is -2.25. The van der Waals surface area contributed by atoms with Crippen LogP contribution in [0.1, 0.15) is 65.0 Å². The van der Waals surface area contributed by atoms with Gasteiger partial charge < -0.3 is 23.6 Å². The van der Waals surface area contributed by atoms with Gasteiger partial charge in [-0.1, -0.05) is 97.9 Å². The predicted octanol–water partition coefficient (Wildman–Crippen LogP) is 8.45. The van der Waals surface area contributed by atoms with Gasteiger partial charge in [0.15, 0.2) is 11.5 Å².